The Bertz CT molecular complexity index is 894. The summed E-state index contributed by atoms with van der Waals surface area (Å²) in [4.78, 5) is 12.9. The summed E-state index contributed by atoms with van der Waals surface area (Å²) in [5.74, 6) is 0.761. The van der Waals surface area contributed by atoms with Crippen molar-refractivity contribution in [2.24, 2.45) is 0 Å². The van der Waals surface area contributed by atoms with Crippen LogP contribution in [0.1, 0.15) is 29.2 Å². The SMILES string of the molecule is O=C(NCCc1cc(F)cc2c1OCOC2)NC1CCSc2c(F)cccc21. The van der Waals surface area contributed by atoms with Gasteiger partial charge in [-0.1, -0.05) is 12.1 Å². The average Bonchev–Trinajstić information content (AvgIpc) is 2.68. The molecule has 0 saturated carbocycles. The highest BCUT2D eigenvalue weighted by atomic mass is 32.2. The van der Waals surface area contributed by atoms with Gasteiger partial charge in [0.1, 0.15) is 17.4 Å². The number of nitrogens with one attached hydrogen (secondary N) is 2. The third-order valence-electron chi connectivity index (χ3n) is 4.76. The molecule has 0 radical (unpaired) electrons. The molecule has 148 valence electrons. The van der Waals surface area contributed by atoms with Crippen LogP contribution >= 0.6 is 11.8 Å². The van der Waals surface area contributed by atoms with Crippen molar-refractivity contribution in [1.82, 2.24) is 10.6 Å². The van der Waals surface area contributed by atoms with E-state index < -0.39 is 0 Å². The first-order valence-corrected chi connectivity index (χ1v) is 10.1. The van der Waals surface area contributed by atoms with Crippen molar-refractivity contribution in [1.29, 1.82) is 0 Å². The highest BCUT2D eigenvalue weighted by molar-refractivity contribution is 7.99. The van der Waals surface area contributed by atoms with E-state index in [0.717, 1.165) is 17.7 Å². The number of halogens is 2. The number of thioether (sulfide) groups is 1. The van der Waals surface area contributed by atoms with E-state index in [9.17, 15) is 13.6 Å². The highest BCUT2D eigenvalue weighted by Gasteiger charge is 2.24. The van der Waals surface area contributed by atoms with Crippen LogP contribution in [-0.2, 0) is 17.8 Å². The van der Waals surface area contributed by atoms with E-state index in [1.165, 1.54) is 30.0 Å². The fourth-order valence-electron chi connectivity index (χ4n) is 3.50. The van der Waals surface area contributed by atoms with Crippen molar-refractivity contribution in [3.63, 3.8) is 0 Å². The number of ether oxygens (including phenoxy) is 2. The van der Waals surface area contributed by atoms with E-state index in [1.807, 2.05) is 6.07 Å². The maximum atomic E-state index is 13.9. The van der Waals surface area contributed by atoms with Crippen molar-refractivity contribution in [2.75, 3.05) is 19.1 Å². The molecule has 2 aliphatic rings. The molecule has 2 heterocycles. The van der Waals surface area contributed by atoms with Crippen LogP contribution < -0.4 is 15.4 Å². The van der Waals surface area contributed by atoms with Gasteiger partial charge in [-0.2, -0.15) is 0 Å². The Morgan fingerprint density at radius 3 is 3.07 bits per heavy atom. The predicted octanol–water partition coefficient (Wildman–Crippen LogP) is 3.91. The number of rotatable bonds is 4. The molecule has 0 saturated heterocycles. The van der Waals surface area contributed by atoms with Crippen LogP contribution in [0.2, 0.25) is 0 Å². The zero-order chi connectivity index (χ0) is 19.5. The van der Waals surface area contributed by atoms with Gasteiger partial charge in [0.25, 0.3) is 0 Å². The Morgan fingerprint density at radius 2 is 2.18 bits per heavy atom. The molecular weight excluding hydrogens is 386 g/mol. The molecule has 5 nitrogen and oxygen atoms in total. The Balaban J connectivity index is 1.35. The van der Waals surface area contributed by atoms with Crippen molar-refractivity contribution < 1.29 is 23.0 Å². The molecule has 0 spiro atoms. The van der Waals surface area contributed by atoms with Crippen molar-refractivity contribution in [3.8, 4) is 5.75 Å². The quantitative estimate of drug-likeness (QED) is 0.808. The molecule has 2 N–H and O–H groups in total. The first-order valence-electron chi connectivity index (χ1n) is 9.09. The van der Waals surface area contributed by atoms with Crippen molar-refractivity contribution >= 4 is 17.8 Å². The van der Waals surface area contributed by atoms with E-state index in [0.29, 0.717) is 41.3 Å². The van der Waals surface area contributed by atoms with Crippen LogP contribution in [0, 0.1) is 11.6 Å². The van der Waals surface area contributed by atoms with E-state index in [-0.39, 0.29) is 30.5 Å². The number of amides is 2. The molecule has 0 aromatic heterocycles. The molecular formula is C20H20F2N2O3S. The molecule has 2 aromatic carbocycles. The van der Waals surface area contributed by atoms with Crippen LogP contribution in [0.15, 0.2) is 35.2 Å². The zero-order valence-corrected chi connectivity index (χ0v) is 15.9. The molecule has 1 atom stereocenters. The Morgan fingerprint density at radius 1 is 1.29 bits per heavy atom. The Hall–Kier alpha value is -2.32. The van der Waals surface area contributed by atoms with E-state index in [2.05, 4.69) is 10.6 Å². The second-order valence-electron chi connectivity index (χ2n) is 6.66. The normalized spacial score (nSPS) is 17.9. The molecule has 0 bridgehead atoms. The molecule has 0 fully saturated rings. The molecule has 0 aliphatic carbocycles. The van der Waals surface area contributed by atoms with Gasteiger partial charge in [-0.15, -0.1) is 11.8 Å². The maximum absolute atomic E-state index is 13.9. The van der Waals surface area contributed by atoms with Crippen LogP contribution in [0.4, 0.5) is 13.6 Å². The molecule has 2 aromatic rings. The third-order valence-corrected chi connectivity index (χ3v) is 5.92. The molecule has 1 unspecified atom stereocenters. The van der Waals surface area contributed by atoms with Gasteiger partial charge in [0, 0.05) is 22.8 Å². The van der Waals surface area contributed by atoms with Gasteiger partial charge in [-0.3, -0.25) is 0 Å². The smallest absolute Gasteiger partial charge is 0.315 e. The number of carbonyl (C=O) groups is 1. The minimum absolute atomic E-state index is 0.134. The van der Waals surface area contributed by atoms with Crippen molar-refractivity contribution in [3.05, 3.63) is 58.7 Å². The van der Waals surface area contributed by atoms with Crippen LogP contribution in [0.25, 0.3) is 0 Å². The number of fused-ring (bicyclic) bond motifs is 2. The standard InChI is InChI=1S/C20H20F2N2O3S/c21-14-8-12(18-13(9-14)10-26-11-27-18)4-6-23-20(25)24-17-5-7-28-19-15(17)2-1-3-16(19)22/h1-3,8-9,17H,4-7,10-11H2,(H2,23,24,25). The number of carbonyl (C=O) groups excluding carboxylic acids is 1. The van der Waals surface area contributed by atoms with Crippen molar-refractivity contribution in [2.45, 2.75) is 30.4 Å². The first kappa shape index (κ1) is 19.0. The fourth-order valence-corrected chi connectivity index (χ4v) is 4.64. The maximum Gasteiger partial charge on any atom is 0.315 e. The summed E-state index contributed by atoms with van der Waals surface area (Å²) < 4.78 is 38.4. The van der Waals surface area contributed by atoms with Gasteiger partial charge in [-0.05, 0) is 42.2 Å². The van der Waals surface area contributed by atoms with E-state index in [4.69, 9.17) is 9.47 Å². The summed E-state index contributed by atoms with van der Waals surface area (Å²) >= 11 is 1.47. The molecule has 4 rings (SSSR count). The van der Waals surface area contributed by atoms with Crippen LogP contribution in [0.3, 0.4) is 0 Å². The molecule has 2 aliphatic heterocycles. The van der Waals surface area contributed by atoms with Gasteiger partial charge in [0.05, 0.1) is 12.6 Å². The number of benzene rings is 2. The Kier molecular flexibility index (Phi) is 5.68. The van der Waals surface area contributed by atoms with Gasteiger partial charge in [0.2, 0.25) is 0 Å². The third kappa shape index (κ3) is 4.07. The van der Waals surface area contributed by atoms with Gasteiger partial charge in [0.15, 0.2) is 6.79 Å². The van der Waals surface area contributed by atoms with Gasteiger partial charge < -0.3 is 20.1 Å². The van der Waals surface area contributed by atoms with Crippen LogP contribution in [0.5, 0.6) is 5.75 Å². The lowest BCUT2D eigenvalue weighted by Gasteiger charge is -2.26. The Labute approximate surface area is 165 Å². The predicted molar refractivity (Wildman–Crippen MR) is 101 cm³/mol. The summed E-state index contributed by atoms with van der Waals surface area (Å²) in [5.41, 5.74) is 2.17. The number of urea groups is 1. The summed E-state index contributed by atoms with van der Waals surface area (Å²) in [6.45, 7) is 0.766. The largest absolute Gasteiger partial charge is 0.467 e. The minimum Gasteiger partial charge on any atom is -0.467 e. The van der Waals surface area contributed by atoms with Gasteiger partial charge >= 0.3 is 6.03 Å². The summed E-state index contributed by atoms with van der Waals surface area (Å²) in [6, 6.07) is 7.19. The highest BCUT2D eigenvalue weighted by Crippen LogP contribution is 2.37. The zero-order valence-electron chi connectivity index (χ0n) is 15.1. The molecule has 28 heavy (non-hydrogen) atoms. The van der Waals surface area contributed by atoms with E-state index >= 15 is 0 Å². The minimum atomic E-state index is -0.356. The summed E-state index contributed by atoms with van der Waals surface area (Å²) in [5, 5.41) is 5.70. The second-order valence-corrected chi connectivity index (χ2v) is 7.77. The lowest BCUT2D eigenvalue weighted by molar-refractivity contribution is -0.0172. The first-order chi connectivity index (χ1) is 13.6. The van der Waals surface area contributed by atoms with Crippen LogP contribution in [-0.4, -0.2) is 25.1 Å². The molecule has 8 heteroatoms. The lowest BCUT2D eigenvalue weighted by atomic mass is 10.0. The number of hydrogen-bond donors (Lipinski definition) is 2. The molecule has 2 amide bonds. The van der Waals surface area contributed by atoms with Gasteiger partial charge in [-0.25, -0.2) is 13.6 Å². The topological polar surface area (TPSA) is 59.6 Å². The van der Waals surface area contributed by atoms with E-state index in [1.54, 1.807) is 6.07 Å². The fraction of sp³-hybridized carbons (Fsp3) is 0.350. The number of hydrogen-bond acceptors (Lipinski definition) is 4. The lowest BCUT2D eigenvalue weighted by Crippen LogP contribution is -2.40. The summed E-state index contributed by atoms with van der Waals surface area (Å²) in [6.07, 6.45) is 1.17. The summed E-state index contributed by atoms with van der Waals surface area (Å²) in [7, 11) is 0. The monoisotopic (exact) mass is 406 g/mol. The average molecular weight is 406 g/mol. The second kappa shape index (κ2) is 8.36.